The van der Waals surface area contributed by atoms with Crippen LogP contribution in [0.15, 0.2) is 18.2 Å². The summed E-state index contributed by atoms with van der Waals surface area (Å²) in [5, 5.41) is 11.4. The zero-order valence-electron chi connectivity index (χ0n) is 10.9. The van der Waals surface area contributed by atoms with E-state index >= 15 is 0 Å². The number of primary amides is 1. The van der Waals surface area contributed by atoms with E-state index in [2.05, 4.69) is 5.32 Å². The molecule has 0 radical (unpaired) electrons. The molecule has 6 nitrogen and oxygen atoms in total. The van der Waals surface area contributed by atoms with Crippen LogP contribution in [0.3, 0.4) is 0 Å². The third kappa shape index (κ3) is 4.48. The lowest BCUT2D eigenvalue weighted by Gasteiger charge is -2.15. The average Bonchev–Trinajstić information content (AvgIpc) is 2.36. The number of nitrogens with two attached hydrogens (primary N) is 1. The Balaban J connectivity index is 2.83. The van der Waals surface area contributed by atoms with Gasteiger partial charge in [-0.2, -0.15) is 0 Å². The average molecular weight is 390 g/mol. The van der Waals surface area contributed by atoms with Crippen LogP contribution in [0.2, 0.25) is 0 Å². The van der Waals surface area contributed by atoms with E-state index in [0.29, 0.717) is 5.56 Å². The van der Waals surface area contributed by atoms with Gasteiger partial charge >= 0.3 is 5.97 Å². The number of carbonyl (C=O) groups excluding carboxylic acids is 2. The van der Waals surface area contributed by atoms with Crippen molar-refractivity contribution in [3.05, 3.63) is 32.9 Å². The number of amides is 2. The summed E-state index contributed by atoms with van der Waals surface area (Å²) in [7, 11) is 0. The van der Waals surface area contributed by atoms with E-state index in [4.69, 9.17) is 10.8 Å². The smallest absolute Gasteiger partial charge is 0.326 e. The first-order valence-electron chi connectivity index (χ1n) is 5.90. The molecule has 1 atom stereocenters. The van der Waals surface area contributed by atoms with Crippen LogP contribution in [-0.4, -0.2) is 28.9 Å². The van der Waals surface area contributed by atoms with Gasteiger partial charge in [-0.15, -0.1) is 0 Å². The maximum absolute atomic E-state index is 12.1. The summed E-state index contributed by atoms with van der Waals surface area (Å²) in [5.41, 5.74) is 6.33. The molecule has 0 spiro atoms. The van der Waals surface area contributed by atoms with Crippen LogP contribution in [0.25, 0.3) is 0 Å². The van der Waals surface area contributed by atoms with E-state index in [1.54, 1.807) is 12.1 Å². The van der Waals surface area contributed by atoms with Gasteiger partial charge in [0.2, 0.25) is 5.91 Å². The molecule has 0 bridgehead atoms. The van der Waals surface area contributed by atoms with Crippen LogP contribution < -0.4 is 11.1 Å². The van der Waals surface area contributed by atoms with Crippen LogP contribution in [0.1, 0.15) is 28.8 Å². The largest absolute Gasteiger partial charge is 0.480 e. The molecule has 0 saturated heterocycles. The van der Waals surface area contributed by atoms with Crippen molar-refractivity contribution in [3.63, 3.8) is 0 Å². The summed E-state index contributed by atoms with van der Waals surface area (Å²) in [4.78, 5) is 33.8. The minimum Gasteiger partial charge on any atom is -0.480 e. The molecule has 2 amide bonds. The predicted octanol–water partition coefficient (Wildman–Crippen LogP) is 1.05. The first kappa shape index (κ1) is 16.4. The number of halogens is 1. The fourth-order valence-electron chi connectivity index (χ4n) is 1.60. The number of carboxylic acids is 1. The fraction of sp³-hybridized carbons (Fsp3) is 0.308. The summed E-state index contributed by atoms with van der Waals surface area (Å²) in [6, 6.07) is 4.08. The van der Waals surface area contributed by atoms with Gasteiger partial charge in [-0.05, 0) is 47.6 Å². The molecule has 0 aromatic heterocycles. The van der Waals surface area contributed by atoms with Crippen molar-refractivity contribution >= 4 is 40.4 Å². The fourth-order valence-corrected chi connectivity index (χ4v) is 2.21. The van der Waals surface area contributed by atoms with Crippen molar-refractivity contribution in [3.8, 4) is 0 Å². The first-order valence-corrected chi connectivity index (χ1v) is 6.98. The molecule has 1 unspecified atom stereocenters. The molecule has 7 heteroatoms. The van der Waals surface area contributed by atoms with Gasteiger partial charge in [-0.3, -0.25) is 9.59 Å². The van der Waals surface area contributed by atoms with E-state index in [0.717, 1.165) is 9.13 Å². The second kappa shape index (κ2) is 7.22. The van der Waals surface area contributed by atoms with Crippen LogP contribution in [0, 0.1) is 10.5 Å². The Morgan fingerprint density at radius 3 is 2.60 bits per heavy atom. The number of hydrogen-bond acceptors (Lipinski definition) is 3. The lowest BCUT2D eigenvalue weighted by molar-refractivity contribution is -0.139. The summed E-state index contributed by atoms with van der Waals surface area (Å²) in [6.07, 6.45) is -0.124. The second-order valence-electron chi connectivity index (χ2n) is 4.31. The minimum atomic E-state index is -1.19. The standard InChI is InChI=1S/C13H15IN2O4/c1-7-3-2-4-8(11(7)14)12(18)16-9(13(19)20)5-6-10(15)17/h2-4,9H,5-6H2,1H3,(H2,15,17)(H,16,18)(H,19,20). The summed E-state index contributed by atoms with van der Waals surface area (Å²) < 4.78 is 0.765. The Kier molecular flexibility index (Phi) is 5.93. The second-order valence-corrected chi connectivity index (χ2v) is 5.38. The molecule has 0 saturated carbocycles. The molecule has 0 aliphatic rings. The molecule has 4 N–H and O–H groups in total. The van der Waals surface area contributed by atoms with E-state index in [1.807, 2.05) is 35.6 Å². The van der Waals surface area contributed by atoms with Gasteiger partial charge in [-0.1, -0.05) is 12.1 Å². The molecule has 0 heterocycles. The Hall–Kier alpha value is -1.64. The highest BCUT2D eigenvalue weighted by Gasteiger charge is 2.22. The van der Waals surface area contributed by atoms with Crippen molar-refractivity contribution in [2.45, 2.75) is 25.8 Å². The highest BCUT2D eigenvalue weighted by molar-refractivity contribution is 14.1. The number of rotatable bonds is 6. The van der Waals surface area contributed by atoms with E-state index in [-0.39, 0.29) is 12.8 Å². The maximum atomic E-state index is 12.1. The van der Waals surface area contributed by atoms with Gasteiger partial charge in [0.15, 0.2) is 0 Å². The molecule has 20 heavy (non-hydrogen) atoms. The zero-order chi connectivity index (χ0) is 15.3. The molecular formula is C13H15IN2O4. The maximum Gasteiger partial charge on any atom is 0.326 e. The third-order valence-electron chi connectivity index (χ3n) is 2.72. The number of benzene rings is 1. The lowest BCUT2D eigenvalue weighted by Crippen LogP contribution is -2.41. The normalized spacial score (nSPS) is 11.7. The molecule has 0 fully saturated rings. The monoisotopic (exact) mass is 390 g/mol. The summed E-state index contributed by atoms with van der Waals surface area (Å²) in [6.45, 7) is 1.86. The molecule has 1 aromatic carbocycles. The molecule has 1 aromatic rings. The topological polar surface area (TPSA) is 109 Å². The van der Waals surface area contributed by atoms with Crippen molar-refractivity contribution in [1.82, 2.24) is 5.32 Å². The van der Waals surface area contributed by atoms with Gasteiger partial charge in [0.05, 0.1) is 5.56 Å². The Morgan fingerprint density at radius 1 is 1.40 bits per heavy atom. The molecular weight excluding hydrogens is 375 g/mol. The number of hydrogen-bond donors (Lipinski definition) is 3. The molecule has 108 valence electrons. The summed E-state index contributed by atoms with van der Waals surface area (Å²) in [5.74, 6) is -2.27. The van der Waals surface area contributed by atoms with Crippen molar-refractivity contribution in [2.75, 3.05) is 0 Å². The van der Waals surface area contributed by atoms with Gasteiger partial charge in [0.1, 0.15) is 6.04 Å². The Bertz CT molecular complexity index is 545. The van der Waals surface area contributed by atoms with E-state index in [1.165, 1.54) is 0 Å². The number of nitrogens with one attached hydrogen (secondary N) is 1. The van der Waals surface area contributed by atoms with Crippen LogP contribution in [0.4, 0.5) is 0 Å². The van der Waals surface area contributed by atoms with E-state index < -0.39 is 23.8 Å². The Labute approximate surface area is 129 Å². The van der Waals surface area contributed by atoms with Gasteiger partial charge in [-0.25, -0.2) is 4.79 Å². The van der Waals surface area contributed by atoms with Gasteiger partial charge < -0.3 is 16.2 Å². The molecule has 0 aliphatic carbocycles. The number of carbonyl (C=O) groups is 3. The van der Waals surface area contributed by atoms with Crippen molar-refractivity contribution < 1.29 is 19.5 Å². The first-order chi connectivity index (χ1) is 9.32. The minimum absolute atomic E-state index is 0.0290. The highest BCUT2D eigenvalue weighted by Crippen LogP contribution is 2.16. The molecule has 1 rings (SSSR count). The number of aryl methyl sites for hydroxylation is 1. The SMILES string of the molecule is Cc1cccc(C(=O)NC(CCC(N)=O)C(=O)O)c1I. The van der Waals surface area contributed by atoms with Crippen molar-refractivity contribution in [2.24, 2.45) is 5.73 Å². The highest BCUT2D eigenvalue weighted by atomic mass is 127. The number of aliphatic carboxylic acids is 1. The lowest BCUT2D eigenvalue weighted by atomic mass is 10.1. The van der Waals surface area contributed by atoms with Crippen LogP contribution in [0.5, 0.6) is 0 Å². The van der Waals surface area contributed by atoms with Gasteiger partial charge in [0, 0.05) is 9.99 Å². The Morgan fingerprint density at radius 2 is 2.05 bits per heavy atom. The van der Waals surface area contributed by atoms with E-state index in [9.17, 15) is 14.4 Å². The van der Waals surface area contributed by atoms with Crippen LogP contribution >= 0.6 is 22.6 Å². The quantitative estimate of drug-likeness (QED) is 0.631. The van der Waals surface area contributed by atoms with Crippen LogP contribution in [-0.2, 0) is 9.59 Å². The van der Waals surface area contributed by atoms with Gasteiger partial charge in [0.25, 0.3) is 5.91 Å². The molecule has 0 aliphatic heterocycles. The number of carboxylic acid groups (broad SMARTS) is 1. The third-order valence-corrected chi connectivity index (χ3v) is 4.15. The predicted molar refractivity (Wildman–Crippen MR) is 81.2 cm³/mol. The zero-order valence-corrected chi connectivity index (χ0v) is 13.0. The summed E-state index contributed by atoms with van der Waals surface area (Å²) >= 11 is 2.03. The van der Waals surface area contributed by atoms with Crippen molar-refractivity contribution in [1.29, 1.82) is 0 Å².